The Balaban J connectivity index is 1.76. The van der Waals surface area contributed by atoms with Crippen molar-refractivity contribution in [3.8, 4) is 0 Å². The quantitative estimate of drug-likeness (QED) is 0.744. The zero-order valence-electron chi connectivity index (χ0n) is 9.15. The molecule has 2 heterocycles. The van der Waals surface area contributed by atoms with Crippen molar-refractivity contribution in [1.29, 1.82) is 0 Å². The van der Waals surface area contributed by atoms with Crippen molar-refractivity contribution in [2.24, 2.45) is 5.92 Å². The van der Waals surface area contributed by atoms with Gasteiger partial charge < -0.3 is 10.1 Å². The Bertz CT molecular complexity index is 359. The van der Waals surface area contributed by atoms with Crippen molar-refractivity contribution in [3.05, 3.63) is 0 Å². The summed E-state index contributed by atoms with van der Waals surface area (Å²) in [6.07, 6.45) is 2.59. The number of ether oxygens (including phenoxy) is 1. The Morgan fingerprint density at radius 3 is 2.75 bits per heavy atom. The number of carbonyl (C=O) groups excluding carboxylic acids is 1. The van der Waals surface area contributed by atoms with Crippen molar-refractivity contribution in [2.75, 3.05) is 24.7 Å². The maximum Gasteiger partial charge on any atom is 0.224 e. The van der Waals surface area contributed by atoms with Gasteiger partial charge in [-0.1, -0.05) is 0 Å². The van der Waals surface area contributed by atoms with Crippen LogP contribution in [-0.4, -0.2) is 45.1 Å². The van der Waals surface area contributed by atoms with Gasteiger partial charge in [0.05, 0.1) is 23.5 Å². The summed E-state index contributed by atoms with van der Waals surface area (Å²) in [5, 5.41) is 2.78. The second-order valence-corrected chi connectivity index (χ2v) is 6.71. The topological polar surface area (TPSA) is 72.5 Å². The predicted molar refractivity (Wildman–Crippen MR) is 58.7 cm³/mol. The molecule has 2 rings (SSSR count). The Morgan fingerprint density at radius 1 is 1.38 bits per heavy atom. The van der Waals surface area contributed by atoms with E-state index in [-0.39, 0.29) is 29.4 Å². The Hall–Kier alpha value is -0.620. The van der Waals surface area contributed by atoms with Gasteiger partial charge in [-0.2, -0.15) is 0 Å². The molecular weight excluding hydrogens is 230 g/mol. The number of rotatable bonds is 3. The monoisotopic (exact) mass is 247 g/mol. The van der Waals surface area contributed by atoms with Crippen LogP contribution in [0.4, 0.5) is 0 Å². The lowest BCUT2D eigenvalue weighted by Crippen LogP contribution is -2.36. The molecule has 2 aliphatic heterocycles. The number of sulfone groups is 1. The number of hydrogen-bond acceptors (Lipinski definition) is 4. The number of amides is 1. The third-order valence-electron chi connectivity index (χ3n) is 3.13. The average Bonchev–Trinajstić information content (AvgIpc) is 2.83. The molecule has 2 fully saturated rings. The van der Waals surface area contributed by atoms with Crippen LogP contribution < -0.4 is 5.32 Å². The molecule has 1 N–H and O–H groups in total. The van der Waals surface area contributed by atoms with Gasteiger partial charge in [-0.05, 0) is 19.3 Å². The van der Waals surface area contributed by atoms with Crippen LogP contribution in [0.2, 0.25) is 0 Å². The van der Waals surface area contributed by atoms with Crippen molar-refractivity contribution < 1.29 is 17.9 Å². The van der Waals surface area contributed by atoms with Gasteiger partial charge in [-0.25, -0.2) is 8.42 Å². The summed E-state index contributed by atoms with van der Waals surface area (Å²) in [7, 11) is -2.97. The standard InChI is InChI=1S/C10H17NO4S/c12-10(8-3-5-16(13,14)7-8)11-6-9-2-1-4-15-9/h8-9H,1-7H2,(H,11,12)/t8-,9+/m0/s1. The normalized spacial score (nSPS) is 32.8. The average molecular weight is 247 g/mol. The smallest absolute Gasteiger partial charge is 0.224 e. The molecule has 16 heavy (non-hydrogen) atoms. The van der Waals surface area contributed by atoms with Gasteiger partial charge in [0.1, 0.15) is 0 Å². The molecule has 2 atom stereocenters. The van der Waals surface area contributed by atoms with Gasteiger partial charge in [0.2, 0.25) is 5.91 Å². The van der Waals surface area contributed by atoms with Crippen LogP contribution >= 0.6 is 0 Å². The Kier molecular flexibility index (Phi) is 3.49. The van der Waals surface area contributed by atoms with Crippen LogP contribution in [0.1, 0.15) is 19.3 Å². The van der Waals surface area contributed by atoms with Crippen LogP contribution in [-0.2, 0) is 19.4 Å². The van der Waals surface area contributed by atoms with Gasteiger partial charge in [0.25, 0.3) is 0 Å². The van der Waals surface area contributed by atoms with Crippen molar-refractivity contribution in [3.63, 3.8) is 0 Å². The van der Waals surface area contributed by atoms with E-state index in [1.54, 1.807) is 0 Å². The largest absolute Gasteiger partial charge is 0.376 e. The molecule has 0 aliphatic carbocycles. The highest BCUT2D eigenvalue weighted by atomic mass is 32.2. The van der Waals surface area contributed by atoms with E-state index in [9.17, 15) is 13.2 Å². The highest BCUT2D eigenvalue weighted by Gasteiger charge is 2.33. The third-order valence-corrected chi connectivity index (χ3v) is 4.90. The number of hydrogen-bond donors (Lipinski definition) is 1. The first-order valence-electron chi connectivity index (χ1n) is 5.66. The highest BCUT2D eigenvalue weighted by molar-refractivity contribution is 7.91. The molecule has 0 spiro atoms. The summed E-state index contributed by atoms with van der Waals surface area (Å²) in [6.45, 7) is 1.27. The molecule has 0 unspecified atom stereocenters. The van der Waals surface area contributed by atoms with Crippen LogP contribution in [0.25, 0.3) is 0 Å². The molecule has 2 aliphatic rings. The zero-order chi connectivity index (χ0) is 11.6. The minimum absolute atomic E-state index is 0.00432. The zero-order valence-corrected chi connectivity index (χ0v) is 9.96. The molecule has 6 heteroatoms. The summed E-state index contributed by atoms with van der Waals surface area (Å²) in [5.41, 5.74) is 0. The highest BCUT2D eigenvalue weighted by Crippen LogP contribution is 2.18. The maximum atomic E-state index is 11.7. The summed E-state index contributed by atoms with van der Waals surface area (Å²) in [5.74, 6) is -0.349. The second kappa shape index (κ2) is 4.71. The van der Waals surface area contributed by atoms with E-state index in [0.29, 0.717) is 13.0 Å². The van der Waals surface area contributed by atoms with Crippen molar-refractivity contribution >= 4 is 15.7 Å². The molecule has 0 saturated carbocycles. The summed E-state index contributed by atoms with van der Waals surface area (Å²) in [4.78, 5) is 11.7. The number of nitrogens with one attached hydrogen (secondary N) is 1. The molecule has 92 valence electrons. The van der Waals surface area contributed by atoms with E-state index in [2.05, 4.69) is 5.32 Å². The molecule has 0 bridgehead atoms. The summed E-state index contributed by atoms with van der Waals surface area (Å²) < 4.78 is 27.8. The maximum absolute atomic E-state index is 11.7. The summed E-state index contributed by atoms with van der Waals surface area (Å²) in [6, 6.07) is 0. The molecule has 0 aromatic carbocycles. The molecule has 0 aromatic heterocycles. The van der Waals surface area contributed by atoms with Crippen LogP contribution in [0, 0.1) is 5.92 Å². The van der Waals surface area contributed by atoms with Crippen LogP contribution in [0.5, 0.6) is 0 Å². The SMILES string of the molecule is O=C(NC[C@H]1CCCO1)[C@H]1CCS(=O)(=O)C1. The number of carbonyl (C=O) groups is 1. The molecule has 0 radical (unpaired) electrons. The van der Waals surface area contributed by atoms with E-state index in [1.807, 2.05) is 0 Å². The molecule has 5 nitrogen and oxygen atoms in total. The van der Waals surface area contributed by atoms with E-state index >= 15 is 0 Å². The van der Waals surface area contributed by atoms with Gasteiger partial charge in [0.15, 0.2) is 9.84 Å². The van der Waals surface area contributed by atoms with Crippen molar-refractivity contribution in [1.82, 2.24) is 5.32 Å². The van der Waals surface area contributed by atoms with Gasteiger partial charge in [-0.15, -0.1) is 0 Å². The summed E-state index contributed by atoms with van der Waals surface area (Å²) >= 11 is 0. The van der Waals surface area contributed by atoms with Gasteiger partial charge in [-0.3, -0.25) is 4.79 Å². The Morgan fingerprint density at radius 2 is 2.19 bits per heavy atom. The fourth-order valence-electron chi connectivity index (χ4n) is 2.17. The predicted octanol–water partition coefficient (Wildman–Crippen LogP) is -0.284. The second-order valence-electron chi connectivity index (χ2n) is 4.48. The first-order chi connectivity index (χ1) is 7.57. The lowest BCUT2D eigenvalue weighted by molar-refractivity contribution is -0.124. The minimum Gasteiger partial charge on any atom is -0.376 e. The first-order valence-corrected chi connectivity index (χ1v) is 7.49. The minimum atomic E-state index is -2.97. The van der Waals surface area contributed by atoms with Gasteiger partial charge in [0, 0.05) is 13.2 Å². The fraction of sp³-hybridized carbons (Fsp3) is 0.900. The van der Waals surface area contributed by atoms with E-state index in [4.69, 9.17) is 4.74 Å². The lowest BCUT2D eigenvalue weighted by atomic mass is 10.1. The van der Waals surface area contributed by atoms with E-state index in [1.165, 1.54) is 0 Å². The molecule has 1 amide bonds. The molecule has 0 aromatic rings. The lowest BCUT2D eigenvalue weighted by Gasteiger charge is -2.13. The Labute approximate surface area is 95.5 Å². The third kappa shape index (κ3) is 2.95. The van der Waals surface area contributed by atoms with Crippen LogP contribution in [0.3, 0.4) is 0 Å². The van der Waals surface area contributed by atoms with Gasteiger partial charge >= 0.3 is 0 Å². The van der Waals surface area contributed by atoms with Crippen LogP contribution in [0.15, 0.2) is 0 Å². The van der Waals surface area contributed by atoms with E-state index < -0.39 is 9.84 Å². The van der Waals surface area contributed by atoms with E-state index in [0.717, 1.165) is 19.4 Å². The molecular formula is C10H17NO4S. The fourth-order valence-corrected chi connectivity index (χ4v) is 3.91. The van der Waals surface area contributed by atoms with Crippen molar-refractivity contribution in [2.45, 2.75) is 25.4 Å². The molecule has 2 saturated heterocycles. The first kappa shape index (κ1) is 11.9.